The van der Waals surface area contributed by atoms with E-state index in [0.29, 0.717) is 12.3 Å². The highest BCUT2D eigenvalue weighted by Gasteiger charge is 2.26. The predicted molar refractivity (Wildman–Crippen MR) is 57.0 cm³/mol. The molecule has 2 atom stereocenters. The summed E-state index contributed by atoms with van der Waals surface area (Å²) in [6.07, 6.45) is 8.00. The van der Waals surface area contributed by atoms with Crippen molar-refractivity contribution in [3.8, 4) is 0 Å². The van der Waals surface area contributed by atoms with Gasteiger partial charge in [-0.2, -0.15) is 0 Å². The second-order valence-corrected chi connectivity index (χ2v) is 4.22. The first-order chi connectivity index (χ1) is 6.77. The molecule has 14 heavy (non-hydrogen) atoms. The number of hydrogen-bond donors (Lipinski definition) is 0. The molecule has 0 aromatic rings. The topological polar surface area (TPSA) is 26.3 Å². The minimum absolute atomic E-state index is 0.0296. The number of esters is 1. The van der Waals surface area contributed by atoms with Gasteiger partial charge in [0.15, 0.2) is 0 Å². The maximum Gasteiger partial charge on any atom is 0.305 e. The SMILES string of the molecule is CCCC1CCCCC1OC(=O)CC. The maximum atomic E-state index is 11.2. The normalized spacial score (nSPS) is 27.3. The van der Waals surface area contributed by atoms with Gasteiger partial charge < -0.3 is 4.74 Å². The molecule has 0 heterocycles. The van der Waals surface area contributed by atoms with E-state index in [9.17, 15) is 4.79 Å². The standard InChI is InChI=1S/C12H22O2/c1-3-7-10-8-5-6-9-11(10)14-12(13)4-2/h10-11H,3-9H2,1-2H3. The fourth-order valence-corrected chi connectivity index (χ4v) is 2.28. The highest BCUT2D eigenvalue weighted by Crippen LogP contribution is 2.30. The Morgan fingerprint density at radius 1 is 1.29 bits per heavy atom. The molecule has 1 rings (SSSR count). The lowest BCUT2D eigenvalue weighted by Crippen LogP contribution is -2.29. The molecule has 1 aliphatic rings. The molecule has 0 aliphatic heterocycles. The zero-order valence-electron chi connectivity index (χ0n) is 9.42. The van der Waals surface area contributed by atoms with Gasteiger partial charge in [-0.15, -0.1) is 0 Å². The molecule has 0 amide bonds. The van der Waals surface area contributed by atoms with Crippen molar-refractivity contribution in [1.82, 2.24) is 0 Å². The second kappa shape index (κ2) is 6.05. The van der Waals surface area contributed by atoms with Crippen molar-refractivity contribution in [3.63, 3.8) is 0 Å². The van der Waals surface area contributed by atoms with Crippen molar-refractivity contribution in [1.29, 1.82) is 0 Å². The van der Waals surface area contributed by atoms with Gasteiger partial charge >= 0.3 is 5.97 Å². The quantitative estimate of drug-likeness (QED) is 0.648. The minimum atomic E-state index is -0.0296. The van der Waals surface area contributed by atoms with Crippen LogP contribution in [-0.4, -0.2) is 12.1 Å². The van der Waals surface area contributed by atoms with Crippen LogP contribution in [0.5, 0.6) is 0 Å². The fraction of sp³-hybridized carbons (Fsp3) is 0.917. The first kappa shape index (κ1) is 11.5. The summed E-state index contributed by atoms with van der Waals surface area (Å²) in [5, 5.41) is 0. The van der Waals surface area contributed by atoms with Crippen LogP contribution < -0.4 is 0 Å². The average Bonchev–Trinajstić information content (AvgIpc) is 2.21. The summed E-state index contributed by atoms with van der Waals surface area (Å²) in [7, 11) is 0. The van der Waals surface area contributed by atoms with E-state index < -0.39 is 0 Å². The molecule has 0 radical (unpaired) electrons. The first-order valence-electron chi connectivity index (χ1n) is 5.97. The summed E-state index contributed by atoms with van der Waals surface area (Å²) in [4.78, 5) is 11.2. The third kappa shape index (κ3) is 3.32. The lowest BCUT2D eigenvalue weighted by Gasteiger charge is -2.30. The molecule has 0 saturated heterocycles. The number of carbonyl (C=O) groups excluding carboxylic acids is 1. The van der Waals surface area contributed by atoms with E-state index in [1.54, 1.807) is 0 Å². The first-order valence-corrected chi connectivity index (χ1v) is 5.97. The summed E-state index contributed by atoms with van der Waals surface area (Å²) in [6.45, 7) is 4.06. The minimum Gasteiger partial charge on any atom is -0.462 e. The summed E-state index contributed by atoms with van der Waals surface area (Å²) in [6, 6.07) is 0. The molecule has 1 saturated carbocycles. The lowest BCUT2D eigenvalue weighted by molar-refractivity contribution is -0.153. The summed E-state index contributed by atoms with van der Waals surface area (Å²) in [5.74, 6) is 0.599. The van der Waals surface area contributed by atoms with Gasteiger partial charge in [0.05, 0.1) is 0 Å². The Balaban J connectivity index is 2.41. The Bertz CT molecular complexity index is 175. The van der Waals surface area contributed by atoms with E-state index >= 15 is 0 Å². The van der Waals surface area contributed by atoms with E-state index in [0.717, 1.165) is 6.42 Å². The molecule has 0 N–H and O–H groups in total. The lowest BCUT2D eigenvalue weighted by atomic mass is 9.83. The van der Waals surface area contributed by atoms with E-state index in [2.05, 4.69) is 6.92 Å². The van der Waals surface area contributed by atoms with Crippen LogP contribution >= 0.6 is 0 Å². The van der Waals surface area contributed by atoms with Crippen molar-refractivity contribution in [2.75, 3.05) is 0 Å². The molecular weight excluding hydrogens is 176 g/mol. The summed E-state index contributed by atoms with van der Waals surface area (Å²) < 4.78 is 5.47. The monoisotopic (exact) mass is 198 g/mol. The van der Waals surface area contributed by atoms with Gasteiger partial charge in [-0.05, 0) is 31.6 Å². The van der Waals surface area contributed by atoms with E-state index in [1.807, 2.05) is 6.92 Å². The van der Waals surface area contributed by atoms with Crippen molar-refractivity contribution in [2.24, 2.45) is 5.92 Å². The number of carbonyl (C=O) groups is 1. The Hall–Kier alpha value is -0.530. The number of hydrogen-bond acceptors (Lipinski definition) is 2. The van der Waals surface area contributed by atoms with Gasteiger partial charge in [0.1, 0.15) is 6.10 Å². The Labute approximate surface area is 87.0 Å². The van der Waals surface area contributed by atoms with E-state index in [1.165, 1.54) is 32.1 Å². The van der Waals surface area contributed by atoms with Crippen LogP contribution in [0.2, 0.25) is 0 Å². The van der Waals surface area contributed by atoms with Crippen molar-refractivity contribution in [3.05, 3.63) is 0 Å². The van der Waals surface area contributed by atoms with Crippen LogP contribution in [0.15, 0.2) is 0 Å². The molecule has 2 nitrogen and oxygen atoms in total. The van der Waals surface area contributed by atoms with Gasteiger partial charge in [0.25, 0.3) is 0 Å². The van der Waals surface area contributed by atoms with Crippen LogP contribution in [0.25, 0.3) is 0 Å². The van der Waals surface area contributed by atoms with Crippen molar-refractivity contribution in [2.45, 2.75) is 64.9 Å². The smallest absolute Gasteiger partial charge is 0.305 e. The maximum absolute atomic E-state index is 11.2. The Morgan fingerprint density at radius 2 is 2.00 bits per heavy atom. The molecule has 1 fully saturated rings. The largest absolute Gasteiger partial charge is 0.462 e. The average molecular weight is 198 g/mol. The third-order valence-corrected chi connectivity index (χ3v) is 3.07. The molecule has 0 aromatic heterocycles. The van der Waals surface area contributed by atoms with Crippen LogP contribution in [0.1, 0.15) is 58.8 Å². The van der Waals surface area contributed by atoms with Gasteiger partial charge in [0.2, 0.25) is 0 Å². The zero-order valence-corrected chi connectivity index (χ0v) is 9.42. The Morgan fingerprint density at radius 3 is 2.64 bits per heavy atom. The molecule has 0 spiro atoms. The molecule has 2 unspecified atom stereocenters. The Kier molecular flexibility index (Phi) is 4.99. The van der Waals surface area contributed by atoms with Gasteiger partial charge in [-0.3, -0.25) is 4.79 Å². The third-order valence-electron chi connectivity index (χ3n) is 3.07. The zero-order chi connectivity index (χ0) is 10.4. The molecule has 82 valence electrons. The number of ether oxygens (including phenoxy) is 1. The van der Waals surface area contributed by atoms with Gasteiger partial charge in [-0.25, -0.2) is 0 Å². The van der Waals surface area contributed by atoms with Gasteiger partial charge in [0, 0.05) is 6.42 Å². The van der Waals surface area contributed by atoms with Crippen LogP contribution in [0.4, 0.5) is 0 Å². The molecule has 1 aliphatic carbocycles. The van der Waals surface area contributed by atoms with Crippen LogP contribution in [0.3, 0.4) is 0 Å². The predicted octanol–water partition coefficient (Wildman–Crippen LogP) is 3.30. The molecular formula is C12H22O2. The molecule has 0 bridgehead atoms. The van der Waals surface area contributed by atoms with Crippen molar-refractivity contribution >= 4 is 5.97 Å². The van der Waals surface area contributed by atoms with Crippen molar-refractivity contribution < 1.29 is 9.53 Å². The summed E-state index contributed by atoms with van der Waals surface area (Å²) >= 11 is 0. The molecule has 0 aromatic carbocycles. The second-order valence-electron chi connectivity index (χ2n) is 4.22. The molecule has 2 heteroatoms. The fourth-order valence-electron chi connectivity index (χ4n) is 2.28. The highest BCUT2D eigenvalue weighted by atomic mass is 16.5. The number of rotatable bonds is 4. The van der Waals surface area contributed by atoms with Crippen LogP contribution in [0, 0.1) is 5.92 Å². The van der Waals surface area contributed by atoms with E-state index in [-0.39, 0.29) is 12.1 Å². The highest BCUT2D eigenvalue weighted by molar-refractivity contribution is 5.69. The van der Waals surface area contributed by atoms with Crippen LogP contribution in [-0.2, 0) is 9.53 Å². The van der Waals surface area contributed by atoms with Gasteiger partial charge in [-0.1, -0.05) is 26.7 Å². The van der Waals surface area contributed by atoms with E-state index in [4.69, 9.17) is 4.74 Å². The summed E-state index contributed by atoms with van der Waals surface area (Å²) in [5.41, 5.74) is 0.